The first-order chi connectivity index (χ1) is 46.9. The molecule has 0 bridgehead atoms. The number of rotatable bonds is 77. The molecule has 17 nitrogen and oxygen atoms in total. The molecule has 3 N–H and O–H groups in total. The molecule has 0 saturated heterocycles. The van der Waals surface area contributed by atoms with Gasteiger partial charge in [-0.25, -0.2) is 9.13 Å². The summed E-state index contributed by atoms with van der Waals surface area (Å²) in [6.45, 7) is 9.56. The summed E-state index contributed by atoms with van der Waals surface area (Å²) < 4.78 is 68.5. The van der Waals surface area contributed by atoms with Crippen molar-refractivity contribution in [3.63, 3.8) is 0 Å². The highest BCUT2D eigenvalue weighted by atomic mass is 31.2. The Balaban J connectivity index is 5.18. The van der Waals surface area contributed by atoms with Crippen LogP contribution in [0.4, 0.5) is 0 Å². The summed E-state index contributed by atoms with van der Waals surface area (Å²) in [5, 5.41) is 10.6. The number of aliphatic hydroxyl groups excluding tert-OH is 1. The lowest BCUT2D eigenvalue weighted by molar-refractivity contribution is -0.161. The lowest BCUT2D eigenvalue weighted by Crippen LogP contribution is -2.30. The molecule has 0 rings (SSSR count). The Morgan fingerprint density at radius 3 is 0.701 bits per heavy atom. The average Bonchev–Trinajstić information content (AvgIpc) is 1.17. The second-order valence-corrected chi connectivity index (χ2v) is 32.0. The summed E-state index contributed by atoms with van der Waals surface area (Å²) in [7, 11) is -9.91. The number of phosphoric ester groups is 2. The van der Waals surface area contributed by atoms with Crippen LogP contribution < -0.4 is 0 Å². The van der Waals surface area contributed by atoms with Crippen LogP contribution in [0.25, 0.3) is 0 Å². The Kier molecular flexibility index (Phi) is 68.4. The van der Waals surface area contributed by atoms with Crippen LogP contribution in [0.3, 0.4) is 0 Å². The summed E-state index contributed by atoms with van der Waals surface area (Å²) in [6.07, 6.45) is 58.5. The Hall–Kier alpha value is -1.94. The number of carbonyl (C=O) groups excluding carboxylic acids is 4. The maximum absolute atomic E-state index is 13.1. The van der Waals surface area contributed by atoms with Gasteiger partial charge in [0.15, 0.2) is 12.2 Å². The monoisotopic (exact) mass is 1420 g/mol. The van der Waals surface area contributed by atoms with Gasteiger partial charge in [-0.05, 0) is 37.5 Å². The Labute approximate surface area is 594 Å². The number of esters is 4. The minimum Gasteiger partial charge on any atom is -0.462 e. The molecule has 5 atom stereocenters. The van der Waals surface area contributed by atoms with E-state index in [2.05, 4.69) is 41.5 Å². The van der Waals surface area contributed by atoms with Crippen molar-refractivity contribution in [2.45, 2.75) is 426 Å². The maximum Gasteiger partial charge on any atom is 0.472 e. The SMILES string of the molecule is CCCCCCCCCCCCCCCCCCCCCCCCC(=O)O[C@H](COC(=O)CCCCCCCCCCCCCCC(C)C)COP(=O)(O)OC[C@@H](O)COP(=O)(O)OC[C@@H](COC(=O)CCCCCCCCCCC)OC(=O)CCCCCCCCCCC(C)C. The van der Waals surface area contributed by atoms with Gasteiger partial charge >= 0.3 is 39.5 Å². The van der Waals surface area contributed by atoms with Gasteiger partial charge in [0.05, 0.1) is 26.4 Å². The molecule has 576 valence electrons. The van der Waals surface area contributed by atoms with Crippen molar-refractivity contribution in [2.24, 2.45) is 11.8 Å². The van der Waals surface area contributed by atoms with Gasteiger partial charge in [0, 0.05) is 25.7 Å². The van der Waals surface area contributed by atoms with E-state index in [0.717, 1.165) is 102 Å². The number of hydrogen-bond acceptors (Lipinski definition) is 15. The zero-order chi connectivity index (χ0) is 71.4. The molecule has 0 aliphatic rings. The molecule has 0 radical (unpaired) electrons. The molecule has 0 fully saturated rings. The molecule has 0 aromatic heterocycles. The first-order valence-corrected chi connectivity index (χ1v) is 43.5. The molecule has 0 heterocycles. The zero-order valence-electron chi connectivity index (χ0n) is 63.4. The van der Waals surface area contributed by atoms with Crippen molar-refractivity contribution in [1.29, 1.82) is 0 Å². The van der Waals surface area contributed by atoms with E-state index in [1.165, 1.54) is 225 Å². The lowest BCUT2D eigenvalue weighted by atomic mass is 10.0. The molecule has 0 saturated carbocycles. The molecule has 0 amide bonds. The van der Waals surface area contributed by atoms with Crippen molar-refractivity contribution in [2.75, 3.05) is 39.6 Å². The van der Waals surface area contributed by atoms with Gasteiger partial charge in [-0.15, -0.1) is 0 Å². The molecule has 0 spiro atoms. The van der Waals surface area contributed by atoms with E-state index >= 15 is 0 Å². The fourth-order valence-corrected chi connectivity index (χ4v) is 13.6. The van der Waals surface area contributed by atoms with E-state index in [0.29, 0.717) is 25.7 Å². The summed E-state index contributed by atoms with van der Waals surface area (Å²) in [6, 6.07) is 0. The van der Waals surface area contributed by atoms with Gasteiger partial charge in [0.2, 0.25) is 0 Å². The minimum atomic E-state index is -4.96. The molecule has 0 aromatic rings. The number of aliphatic hydroxyl groups is 1. The molecule has 0 aliphatic heterocycles. The second kappa shape index (κ2) is 69.8. The third-order valence-electron chi connectivity index (χ3n) is 18.2. The average molecular weight is 1420 g/mol. The van der Waals surface area contributed by atoms with Gasteiger partial charge in [-0.1, -0.05) is 356 Å². The quantitative estimate of drug-likeness (QED) is 0.0222. The van der Waals surface area contributed by atoms with Gasteiger partial charge in [-0.2, -0.15) is 0 Å². The smallest absolute Gasteiger partial charge is 0.462 e. The summed E-state index contributed by atoms with van der Waals surface area (Å²) in [5.41, 5.74) is 0. The van der Waals surface area contributed by atoms with Crippen molar-refractivity contribution in [1.82, 2.24) is 0 Å². The predicted molar refractivity (Wildman–Crippen MR) is 395 cm³/mol. The van der Waals surface area contributed by atoms with Crippen LogP contribution in [0.15, 0.2) is 0 Å². The summed E-state index contributed by atoms with van der Waals surface area (Å²) in [4.78, 5) is 72.8. The van der Waals surface area contributed by atoms with Gasteiger partial charge in [0.25, 0.3) is 0 Å². The third kappa shape index (κ3) is 72.2. The molecular weight excluding hydrogens is 1270 g/mol. The van der Waals surface area contributed by atoms with Crippen molar-refractivity contribution in [3.05, 3.63) is 0 Å². The van der Waals surface area contributed by atoms with E-state index in [1.54, 1.807) is 0 Å². The van der Waals surface area contributed by atoms with Crippen LogP contribution in [0.2, 0.25) is 0 Å². The Bertz CT molecular complexity index is 1870. The molecule has 2 unspecified atom stereocenters. The second-order valence-electron chi connectivity index (χ2n) is 29.1. The van der Waals surface area contributed by atoms with E-state index in [1.807, 2.05) is 0 Å². The number of hydrogen-bond donors (Lipinski definition) is 3. The molecule has 0 aromatic carbocycles. The normalized spacial score (nSPS) is 14.0. The standard InChI is InChI=1S/C78H152O17P2/c1-7-9-11-13-15-17-18-19-20-21-22-23-24-25-26-27-28-33-37-44-50-56-62-77(82)94-73(67-89-76(81)61-55-49-43-36-32-30-29-31-35-40-46-52-58-70(3)4)68-92-96(84,85)90-64-72(79)65-91-97(86,87)93-69-74(66-88-75(80)60-54-48-42-34-16-14-12-10-8-2)95-78(83)63-57-51-45-39-38-41-47-53-59-71(5)6/h70-74,79H,7-69H2,1-6H3,(H,84,85)(H,86,87)/t72-,73-,74-/m1/s1. The first kappa shape index (κ1) is 95.1. The highest BCUT2D eigenvalue weighted by Crippen LogP contribution is 2.45. The molecular formula is C78H152O17P2. The van der Waals surface area contributed by atoms with Crippen LogP contribution >= 0.6 is 15.6 Å². The van der Waals surface area contributed by atoms with E-state index in [9.17, 15) is 43.2 Å². The minimum absolute atomic E-state index is 0.105. The van der Waals surface area contributed by atoms with Crippen molar-refractivity contribution < 1.29 is 80.2 Å². The van der Waals surface area contributed by atoms with E-state index in [4.69, 9.17) is 37.0 Å². The number of carbonyl (C=O) groups is 4. The molecule has 19 heteroatoms. The number of phosphoric acid groups is 2. The fraction of sp³-hybridized carbons (Fsp3) is 0.949. The number of unbranched alkanes of at least 4 members (excludes halogenated alkanes) is 47. The van der Waals surface area contributed by atoms with Crippen LogP contribution in [-0.4, -0.2) is 96.7 Å². The van der Waals surface area contributed by atoms with Crippen LogP contribution in [0.5, 0.6) is 0 Å². The Morgan fingerprint density at radius 2 is 0.474 bits per heavy atom. The predicted octanol–water partition coefficient (Wildman–Crippen LogP) is 23.1. The molecule has 97 heavy (non-hydrogen) atoms. The van der Waals surface area contributed by atoms with Crippen molar-refractivity contribution >= 4 is 39.5 Å². The van der Waals surface area contributed by atoms with E-state index < -0.39 is 97.5 Å². The largest absolute Gasteiger partial charge is 0.472 e. The van der Waals surface area contributed by atoms with Crippen molar-refractivity contribution in [3.8, 4) is 0 Å². The summed E-state index contributed by atoms with van der Waals surface area (Å²) in [5.74, 6) is -0.617. The number of ether oxygens (including phenoxy) is 4. The summed E-state index contributed by atoms with van der Waals surface area (Å²) >= 11 is 0. The fourth-order valence-electron chi connectivity index (χ4n) is 12.0. The van der Waals surface area contributed by atoms with Crippen LogP contribution in [-0.2, 0) is 65.4 Å². The Morgan fingerprint density at radius 1 is 0.278 bits per heavy atom. The van der Waals surface area contributed by atoms with Gasteiger partial charge in [0.1, 0.15) is 19.3 Å². The zero-order valence-corrected chi connectivity index (χ0v) is 65.2. The van der Waals surface area contributed by atoms with Gasteiger partial charge in [-0.3, -0.25) is 37.3 Å². The lowest BCUT2D eigenvalue weighted by Gasteiger charge is -2.21. The van der Waals surface area contributed by atoms with E-state index in [-0.39, 0.29) is 25.7 Å². The highest BCUT2D eigenvalue weighted by Gasteiger charge is 2.30. The topological polar surface area (TPSA) is 237 Å². The highest BCUT2D eigenvalue weighted by molar-refractivity contribution is 7.47. The van der Waals surface area contributed by atoms with Crippen LogP contribution in [0, 0.1) is 11.8 Å². The third-order valence-corrected chi connectivity index (χ3v) is 20.1. The first-order valence-electron chi connectivity index (χ1n) is 40.5. The molecule has 0 aliphatic carbocycles. The van der Waals surface area contributed by atoms with Crippen LogP contribution in [0.1, 0.15) is 408 Å². The maximum atomic E-state index is 13.1. The van der Waals surface area contributed by atoms with Gasteiger partial charge < -0.3 is 33.8 Å².